The smallest absolute Gasteiger partial charge is 0.168 e. The molecular weight excluding hydrogens is 239 g/mol. The van der Waals surface area contributed by atoms with Crippen LogP contribution in [0, 0.1) is 5.82 Å². The van der Waals surface area contributed by atoms with Gasteiger partial charge in [-0.15, -0.1) is 0 Å². The van der Waals surface area contributed by atoms with Crippen LogP contribution in [0.5, 0.6) is 11.5 Å². The summed E-state index contributed by atoms with van der Waals surface area (Å²) >= 11 is 3.21. The molecule has 0 saturated carbocycles. The predicted molar refractivity (Wildman–Crippen MR) is 50.0 cm³/mol. The molecule has 2 rings (SSSR count). The van der Waals surface area contributed by atoms with Crippen LogP contribution in [0.3, 0.4) is 0 Å². The number of ether oxygens (including phenoxy) is 2. The highest BCUT2D eigenvalue weighted by molar-refractivity contribution is 9.08. The van der Waals surface area contributed by atoms with Crippen molar-refractivity contribution in [3.63, 3.8) is 0 Å². The second kappa shape index (κ2) is 3.54. The van der Waals surface area contributed by atoms with E-state index in [1.54, 1.807) is 6.07 Å². The number of hydrogen-bond donors (Lipinski definition) is 0. The third kappa shape index (κ3) is 1.50. The molecule has 0 fully saturated rings. The first-order chi connectivity index (χ1) is 6.33. The Morgan fingerprint density at radius 2 is 2.08 bits per heavy atom. The van der Waals surface area contributed by atoms with E-state index < -0.39 is 0 Å². The Morgan fingerprint density at radius 1 is 1.31 bits per heavy atom. The molecule has 1 aromatic rings. The van der Waals surface area contributed by atoms with Gasteiger partial charge in [-0.2, -0.15) is 0 Å². The Balaban J connectivity index is 2.52. The number of rotatable bonds is 1. The summed E-state index contributed by atoms with van der Waals surface area (Å²) < 4.78 is 23.9. The minimum atomic E-state index is -0.263. The van der Waals surface area contributed by atoms with Gasteiger partial charge in [0, 0.05) is 10.9 Å². The molecule has 2 nitrogen and oxygen atoms in total. The summed E-state index contributed by atoms with van der Waals surface area (Å²) in [7, 11) is 0. The van der Waals surface area contributed by atoms with Crippen molar-refractivity contribution >= 4 is 15.9 Å². The van der Waals surface area contributed by atoms with Gasteiger partial charge in [0.1, 0.15) is 19.0 Å². The molecule has 0 spiro atoms. The summed E-state index contributed by atoms with van der Waals surface area (Å²) in [4.78, 5) is 0. The van der Waals surface area contributed by atoms with E-state index >= 15 is 0 Å². The standard InChI is InChI=1S/C9H8BrFO2/c10-5-6-7(11)1-2-8-9(6)13-4-3-12-8/h1-2H,3-5H2. The zero-order valence-corrected chi connectivity index (χ0v) is 8.43. The van der Waals surface area contributed by atoms with Gasteiger partial charge < -0.3 is 9.47 Å². The van der Waals surface area contributed by atoms with Crippen LogP contribution in [0.4, 0.5) is 4.39 Å². The first-order valence-corrected chi connectivity index (χ1v) is 5.08. The average Bonchev–Trinajstić information content (AvgIpc) is 2.18. The van der Waals surface area contributed by atoms with Crippen molar-refractivity contribution in [1.82, 2.24) is 0 Å². The first-order valence-electron chi connectivity index (χ1n) is 3.96. The van der Waals surface area contributed by atoms with E-state index in [1.165, 1.54) is 6.07 Å². The Labute approximate surface area is 83.8 Å². The monoisotopic (exact) mass is 246 g/mol. The Morgan fingerprint density at radius 3 is 2.85 bits per heavy atom. The highest BCUT2D eigenvalue weighted by Crippen LogP contribution is 2.36. The minimum Gasteiger partial charge on any atom is -0.486 e. The number of alkyl halides is 1. The Hall–Kier alpha value is -0.770. The fourth-order valence-corrected chi connectivity index (χ4v) is 1.80. The van der Waals surface area contributed by atoms with Crippen LogP contribution < -0.4 is 9.47 Å². The third-order valence-corrected chi connectivity index (χ3v) is 2.45. The number of halogens is 2. The summed E-state index contributed by atoms with van der Waals surface area (Å²) in [5, 5.41) is 0.436. The molecule has 0 atom stereocenters. The van der Waals surface area contributed by atoms with E-state index in [0.29, 0.717) is 35.6 Å². The molecule has 70 valence electrons. The van der Waals surface area contributed by atoms with Crippen LogP contribution in [0.25, 0.3) is 0 Å². The van der Waals surface area contributed by atoms with Gasteiger partial charge in [-0.25, -0.2) is 4.39 Å². The topological polar surface area (TPSA) is 18.5 Å². The summed E-state index contributed by atoms with van der Waals surface area (Å²) in [5.74, 6) is 0.895. The van der Waals surface area contributed by atoms with Gasteiger partial charge in [-0.1, -0.05) is 15.9 Å². The molecule has 0 aromatic heterocycles. The fourth-order valence-electron chi connectivity index (χ4n) is 1.27. The van der Waals surface area contributed by atoms with Crippen LogP contribution in [-0.4, -0.2) is 13.2 Å². The highest BCUT2D eigenvalue weighted by atomic mass is 79.9. The maximum atomic E-state index is 13.2. The number of fused-ring (bicyclic) bond motifs is 1. The van der Waals surface area contributed by atoms with Gasteiger partial charge in [0.05, 0.1) is 0 Å². The molecule has 4 heteroatoms. The van der Waals surface area contributed by atoms with E-state index in [4.69, 9.17) is 9.47 Å². The van der Waals surface area contributed by atoms with Crippen molar-refractivity contribution in [2.24, 2.45) is 0 Å². The van der Waals surface area contributed by atoms with Crippen LogP contribution in [0.1, 0.15) is 5.56 Å². The first kappa shape index (κ1) is 8.81. The van der Waals surface area contributed by atoms with Crippen molar-refractivity contribution in [1.29, 1.82) is 0 Å². The second-order valence-corrected chi connectivity index (χ2v) is 3.24. The average molecular weight is 247 g/mol. The molecule has 1 heterocycles. The molecule has 1 aromatic carbocycles. The third-order valence-electron chi connectivity index (χ3n) is 1.89. The SMILES string of the molecule is Fc1ccc2c(c1CBr)OCCO2. The van der Waals surface area contributed by atoms with Crippen LogP contribution in [-0.2, 0) is 5.33 Å². The Bertz CT molecular complexity index is 328. The van der Waals surface area contributed by atoms with E-state index in [1.807, 2.05) is 0 Å². The van der Waals surface area contributed by atoms with E-state index in [0.717, 1.165) is 0 Å². The molecule has 0 aliphatic carbocycles. The lowest BCUT2D eigenvalue weighted by molar-refractivity contribution is 0.169. The minimum absolute atomic E-state index is 0.263. The molecule has 0 N–H and O–H groups in total. The van der Waals surface area contributed by atoms with Gasteiger partial charge in [0.15, 0.2) is 11.5 Å². The predicted octanol–water partition coefficient (Wildman–Crippen LogP) is 2.49. The zero-order chi connectivity index (χ0) is 9.26. The summed E-state index contributed by atoms with van der Waals surface area (Å²) in [6.45, 7) is 1.01. The fraction of sp³-hybridized carbons (Fsp3) is 0.333. The molecular formula is C9H8BrFO2. The molecule has 0 unspecified atom stereocenters. The molecule has 0 bridgehead atoms. The van der Waals surface area contributed by atoms with Crippen molar-refractivity contribution < 1.29 is 13.9 Å². The van der Waals surface area contributed by atoms with Crippen LogP contribution >= 0.6 is 15.9 Å². The molecule has 0 saturated heterocycles. The largest absolute Gasteiger partial charge is 0.486 e. The van der Waals surface area contributed by atoms with Crippen molar-refractivity contribution in [2.75, 3.05) is 13.2 Å². The molecule has 0 radical (unpaired) electrons. The van der Waals surface area contributed by atoms with E-state index in [9.17, 15) is 4.39 Å². The summed E-state index contributed by atoms with van der Waals surface area (Å²) in [5.41, 5.74) is 0.525. The maximum absolute atomic E-state index is 13.2. The van der Waals surface area contributed by atoms with Crippen LogP contribution in [0.15, 0.2) is 12.1 Å². The quantitative estimate of drug-likeness (QED) is 0.710. The van der Waals surface area contributed by atoms with Crippen LogP contribution in [0.2, 0.25) is 0 Å². The molecule has 13 heavy (non-hydrogen) atoms. The van der Waals surface area contributed by atoms with Crippen molar-refractivity contribution in [3.8, 4) is 11.5 Å². The van der Waals surface area contributed by atoms with E-state index in [2.05, 4.69) is 15.9 Å². The van der Waals surface area contributed by atoms with Gasteiger partial charge >= 0.3 is 0 Å². The van der Waals surface area contributed by atoms with Gasteiger partial charge in [-0.05, 0) is 12.1 Å². The maximum Gasteiger partial charge on any atom is 0.168 e. The highest BCUT2D eigenvalue weighted by Gasteiger charge is 2.18. The molecule has 1 aliphatic heterocycles. The van der Waals surface area contributed by atoms with Gasteiger partial charge in [0.2, 0.25) is 0 Å². The number of hydrogen-bond acceptors (Lipinski definition) is 2. The lowest BCUT2D eigenvalue weighted by Gasteiger charge is -2.20. The Kier molecular flexibility index (Phi) is 2.40. The number of benzene rings is 1. The van der Waals surface area contributed by atoms with Crippen molar-refractivity contribution in [3.05, 3.63) is 23.5 Å². The zero-order valence-electron chi connectivity index (χ0n) is 6.85. The summed E-state index contributed by atoms with van der Waals surface area (Å²) in [6, 6.07) is 2.99. The normalized spacial score (nSPS) is 14.3. The second-order valence-electron chi connectivity index (χ2n) is 2.68. The molecule has 1 aliphatic rings. The summed E-state index contributed by atoms with van der Waals surface area (Å²) in [6.07, 6.45) is 0. The van der Waals surface area contributed by atoms with Gasteiger partial charge in [-0.3, -0.25) is 0 Å². The lowest BCUT2D eigenvalue weighted by Crippen LogP contribution is -2.16. The van der Waals surface area contributed by atoms with Gasteiger partial charge in [0.25, 0.3) is 0 Å². The molecule has 0 amide bonds. The van der Waals surface area contributed by atoms with E-state index in [-0.39, 0.29) is 5.82 Å². The van der Waals surface area contributed by atoms with Crippen molar-refractivity contribution in [2.45, 2.75) is 5.33 Å². The lowest BCUT2D eigenvalue weighted by atomic mass is 10.2.